The molecule has 1 fully saturated rings. The number of likely N-dealkylation sites (N-methyl/N-ethyl adjacent to an activating group) is 1. The molecular formula is C20H27N3O3. The van der Waals surface area contributed by atoms with Gasteiger partial charge in [-0.15, -0.1) is 0 Å². The van der Waals surface area contributed by atoms with Crippen molar-refractivity contribution >= 4 is 16.9 Å². The average Bonchev–Trinajstić information content (AvgIpc) is 2.66. The highest BCUT2D eigenvalue weighted by Gasteiger charge is 2.19. The van der Waals surface area contributed by atoms with Crippen LogP contribution in [0.1, 0.15) is 18.1 Å². The normalized spacial score (nSPS) is 16.1. The van der Waals surface area contributed by atoms with Crippen molar-refractivity contribution < 1.29 is 9.53 Å². The van der Waals surface area contributed by atoms with Crippen LogP contribution in [0.4, 0.5) is 0 Å². The van der Waals surface area contributed by atoms with Crippen LogP contribution in [0.2, 0.25) is 0 Å². The van der Waals surface area contributed by atoms with E-state index < -0.39 is 5.97 Å². The van der Waals surface area contributed by atoms with Crippen LogP contribution in [-0.2, 0) is 22.6 Å². The number of rotatable bonds is 5. The molecule has 140 valence electrons. The van der Waals surface area contributed by atoms with E-state index in [-0.39, 0.29) is 12.1 Å². The summed E-state index contributed by atoms with van der Waals surface area (Å²) in [4.78, 5) is 29.6. The molecule has 1 aliphatic rings. The van der Waals surface area contributed by atoms with Gasteiger partial charge in [0.1, 0.15) is 6.54 Å². The number of pyridine rings is 1. The minimum absolute atomic E-state index is 0.0628. The van der Waals surface area contributed by atoms with Gasteiger partial charge in [-0.1, -0.05) is 19.1 Å². The van der Waals surface area contributed by atoms with Crippen molar-refractivity contribution in [2.24, 2.45) is 0 Å². The lowest BCUT2D eigenvalue weighted by atomic mass is 10.1. The van der Waals surface area contributed by atoms with Crippen molar-refractivity contribution in [3.8, 4) is 0 Å². The van der Waals surface area contributed by atoms with E-state index in [0.29, 0.717) is 6.54 Å². The second-order valence-electron chi connectivity index (χ2n) is 6.91. The standard InChI is InChI=1S/C20H27N3O3/c1-4-21-7-9-22(10-8-21)13-17-12-16-6-5-15(2)11-18(16)23(20(17)25)14-19(24)26-3/h5-6,11-12H,4,7-10,13-14H2,1-3H3. The zero-order valence-electron chi connectivity index (χ0n) is 15.8. The number of aromatic nitrogens is 1. The van der Waals surface area contributed by atoms with Gasteiger partial charge in [0.25, 0.3) is 5.56 Å². The smallest absolute Gasteiger partial charge is 0.325 e. The largest absolute Gasteiger partial charge is 0.468 e. The maximum Gasteiger partial charge on any atom is 0.325 e. The summed E-state index contributed by atoms with van der Waals surface area (Å²) in [6, 6.07) is 7.95. The SMILES string of the molecule is CCN1CCN(Cc2cc3ccc(C)cc3n(CC(=O)OC)c2=O)CC1. The lowest BCUT2D eigenvalue weighted by Crippen LogP contribution is -2.46. The number of hydrogen-bond acceptors (Lipinski definition) is 5. The minimum atomic E-state index is -0.413. The first-order chi connectivity index (χ1) is 12.5. The summed E-state index contributed by atoms with van der Waals surface area (Å²) < 4.78 is 6.34. The van der Waals surface area contributed by atoms with E-state index in [4.69, 9.17) is 4.74 Å². The third-order valence-corrected chi connectivity index (χ3v) is 5.15. The van der Waals surface area contributed by atoms with Gasteiger partial charge in [0.05, 0.1) is 12.6 Å². The quantitative estimate of drug-likeness (QED) is 0.761. The van der Waals surface area contributed by atoms with Gasteiger partial charge in [0.2, 0.25) is 0 Å². The molecule has 0 radical (unpaired) electrons. The molecule has 0 saturated carbocycles. The summed E-state index contributed by atoms with van der Waals surface area (Å²) >= 11 is 0. The molecule has 0 spiro atoms. The van der Waals surface area contributed by atoms with Crippen molar-refractivity contribution in [2.75, 3.05) is 39.8 Å². The Morgan fingerprint density at radius 2 is 1.81 bits per heavy atom. The molecule has 2 aromatic rings. The van der Waals surface area contributed by atoms with Gasteiger partial charge in [-0.3, -0.25) is 19.1 Å². The van der Waals surface area contributed by atoms with Crippen molar-refractivity contribution in [1.82, 2.24) is 14.4 Å². The van der Waals surface area contributed by atoms with E-state index >= 15 is 0 Å². The molecule has 0 atom stereocenters. The summed E-state index contributed by atoms with van der Waals surface area (Å²) in [6.07, 6.45) is 0. The number of methoxy groups -OCH3 is 1. The summed E-state index contributed by atoms with van der Waals surface area (Å²) in [6.45, 7) is 9.73. The Kier molecular flexibility index (Phi) is 5.74. The first-order valence-electron chi connectivity index (χ1n) is 9.16. The fraction of sp³-hybridized carbons (Fsp3) is 0.500. The van der Waals surface area contributed by atoms with Crippen molar-refractivity contribution in [1.29, 1.82) is 0 Å². The Morgan fingerprint density at radius 3 is 2.46 bits per heavy atom. The number of carbonyl (C=O) groups excluding carboxylic acids is 1. The van der Waals surface area contributed by atoms with Gasteiger partial charge < -0.3 is 9.64 Å². The van der Waals surface area contributed by atoms with Gasteiger partial charge in [0.15, 0.2) is 0 Å². The minimum Gasteiger partial charge on any atom is -0.468 e. The fourth-order valence-corrected chi connectivity index (χ4v) is 3.51. The number of aryl methyl sites for hydroxylation is 1. The molecule has 1 aromatic carbocycles. The van der Waals surface area contributed by atoms with E-state index in [1.807, 2.05) is 31.2 Å². The second kappa shape index (κ2) is 8.01. The topological polar surface area (TPSA) is 54.8 Å². The molecule has 6 heteroatoms. The Bertz CT molecular complexity index is 851. The van der Waals surface area contributed by atoms with Crippen LogP contribution in [-0.4, -0.2) is 60.2 Å². The number of nitrogens with zero attached hydrogens (tertiary/aromatic N) is 3. The zero-order chi connectivity index (χ0) is 18.7. The molecule has 6 nitrogen and oxygen atoms in total. The highest BCUT2D eigenvalue weighted by molar-refractivity contribution is 5.82. The van der Waals surface area contributed by atoms with Gasteiger partial charge in [-0.2, -0.15) is 0 Å². The van der Waals surface area contributed by atoms with Crippen molar-refractivity contribution in [3.63, 3.8) is 0 Å². The third-order valence-electron chi connectivity index (χ3n) is 5.15. The van der Waals surface area contributed by atoms with E-state index in [1.54, 1.807) is 4.57 Å². The molecule has 1 aliphatic heterocycles. The van der Waals surface area contributed by atoms with Crippen molar-refractivity contribution in [3.05, 3.63) is 45.7 Å². The summed E-state index contributed by atoms with van der Waals surface area (Å²) in [5, 5.41) is 0.973. The first kappa shape index (κ1) is 18.6. The molecule has 1 aromatic heterocycles. The molecular weight excluding hydrogens is 330 g/mol. The lowest BCUT2D eigenvalue weighted by Gasteiger charge is -2.34. The molecule has 1 saturated heterocycles. The molecule has 0 amide bonds. The molecule has 0 aliphatic carbocycles. The second-order valence-corrected chi connectivity index (χ2v) is 6.91. The molecule has 3 rings (SSSR count). The van der Waals surface area contributed by atoms with Crippen LogP contribution < -0.4 is 5.56 Å². The number of carbonyl (C=O) groups is 1. The van der Waals surface area contributed by atoms with Gasteiger partial charge in [-0.25, -0.2) is 0 Å². The highest BCUT2D eigenvalue weighted by atomic mass is 16.5. The van der Waals surface area contributed by atoms with E-state index in [2.05, 4.69) is 16.7 Å². The fourth-order valence-electron chi connectivity index (χ4n) is 3.51. The Labute approximate surface area is 154 Å². The van der Waals surface area contributed by atoms with Crippen LogP contribution >= 0.6 is 0 Å². The van der Waals surface area contributed by atoms with Crippen LogP contribution in [0, 0.1) is 6.92 Å². The van der Waals surface area contributed by atoms with Gasteiger partial charge in [-0.05, 0) is 36.6 Å². The number of ether oxygens (including phenoxy) is 1. The predicted molar refractivity (Wildman–Crippen MR) is 102 cm³/mol. The van der Waals surface area contributed by atoms with Gasteiger partial charge >= 0.3 is 5.97 Å². The first-order valence-corrected chi connectivity index (χ1v) is 9.16. The third kappa shape index (κ3) is 3.97. The lowest BCUT2D eigenvalue weighted by molar-refractivity contribution is -0.141. The van der Waals surface area contributed by atoms with E-state index in [1.165, 1.54) is 7.11 Å². The van der Waals surface area contributed by atoms with Crippen LogP contribution in [0.3, 0.4) is 0 Å². The monoisotopic (exact) mass is 357 g/mol. The highest BCUT2D eigenvalue weighted by Crippen LogP contribution is 2.17. The predicted octanol–water partition coefficient (Wildman–Crippen LogP) is 1.62. The molecule has 2 heterocycles. The number of hydrogen-bond donors (Lipinski definition) is 0. The number of piperazine rings is 1. The van der Waals surface area contributed by atoms with E-state index in [0.717, 1.165) is 54.8 Å². The number of esters is 1. The number of fused-ring (bicyclic) bond motifs is 1. The maximum atomic E-state index is 13.1. The van der Waals surface area contributed by atoms with Crippen LogP contribution in [0.5, 0.6) is 0 Å². The Balaban J connectivity index is 1.95. The Morgan fingerprint density at radius 1 is 1.12 bits per heavy atom. The summed E-state index contributed by atoms with van der Waals surface area (Å²) in [7, 11) is 1.35. The average molecular weight is 357 g/mol. The Hall–Kier alpha value is -2.18. The van der Waals surface area contributed by atoms with Crippen molar-refractivity contribution in [2.45, 2.75) is 26.9 Å². The zero-order valence-corrected chi connectivity index (χ0v) is 15.8. The number of benzene rings is 1. The summed E-state index contributed by atoms with van der Waals surface area (Å²) in [5.74, 6) is -0.413. The maximum absolute atomic E-state index is 13.1. The molecule has 0 unspecified atom stereocenters. The van der Waals surface area contributed by atoms with Crippen LogP contribution in [0.15, 0.2) is 29.1 Å². The van der Waals surface area contributed by atoms with E-state index in [9.17, 15) is 9.59 Å². The molecule has 0 bridgehead atoms. The van der Waals surface area contributed by atoms with Crippen LogP contribution in [0.25, 0.3) is 10.9 Å². The molecule has 26 heavy (non-hydrogen) atoms. The van der Waals surface area contributed by atoms with Gasteiger partial charge in [0, 0.05) is 38.3 Å². The summed E-state index contributed by atoms with van der Waals surface area (Å²) in [5.41, 5.74) is 2.46. The molecule has 0 N–H and O–H groups in total.